The summed E-state index contributed by atoms with van der Waals surface area (Å²) in [6.45, 7) is 11.9. The minimum absolute atomic E-state index is 0.0161. The van der Waals surface area contributed by atoms with E-state index in [9.17, 15) is 9.59 Å². The molecule has 1 aromatic heterocycles. The predicted octanol–water partition coefficient (Wildman–Crippen LogP) is 3.46. The van der Waals surface area contributed by atoms with Gasteiger partial charge in [-0.2, -0.15) is 0 Å². The summed E-state index contributed by atoms with van der Waals surface area (Å²) in [6.07, 6.45) is 5.31. The quantitative estimate of drug-likeness (QED) is 0.917. The molecule has 24 heavy (non-hydrogen) atoms. The Morgan fingerprint density at radius 1 is 1.21 bits per heavy atom. The van der Waals surface area contributed by atoms with E-state index in [1.165, 1.54) is 12.5 Å². The smallest absolute Gasteiger partial charge is 0.257 e. The standard InChI is InChI=1S/C19H30N2O3/c1-18(2,3)13-19(4,5)20-16(22)14-6-9-21(10-7-14)17(23)15-8-11-24-12-15/h8,11-12,14H,6-7,9-10,13H2,1-5H3,(H,20,22). The van der Waals surface area contributed by atoms with E-state index in [-0.39, 0.29) is 28.7 Å². The van der Waals surface area contributed by atoms with Crippen molar-refractivity contribution in [3.63, 3.8) is 0 Å². The maximum absolute atomic E-state index is 12.6. The van der Waals surface area contributed by atoms with Gasteiger partial charge in [0.05, 0.1) is 11.8 Å². The topological polar surface area (TPSA) is 62.6 Å². The predicted molar refractivity (Wildman–Crippen MR) is 93.6 cm³/mol. The first-order valence-electron chi connectivity index (χ1n) is 8.71. The molecule has 1 N–H and O–H groups in total. The largest absolute Gasteiger partial charge is 0.472 e. The van der Waals surface area contributed by atoms with Crippen molar-refractivity contribution in [2.24, 2.45) is 11.3 Å². The normalized spacial score (nSPS) is 17.0. The molecule has 5 heteroatoms. The van der Waals surface area contributed by atoms with E-state index in [0.717, 1.165) is 6.42 Å². The molecule has 5 nitrogen and oxygen atoms in total. The van der Waals surface area contributed by atoms with Crippen molar-refractivity contribution in [1.82, 2.24) is 10.2 Å². The van der Waals surface area contributed by atoms with Gasteiger partial charge in [-0.15, -0.1) is 0 Å². The number of amides is 2. The molecule has 0 aromatic carbocycles. The fraction of sp³-hybridized carbons (Fsp3) is 0.684. The van der Waals surface area contributed by atoms with Gasteiger partial charge in [0.2, 0.25) is 5.91 Å². The van der Waals surface area contributed by atoms with E-state index in [0.29, 0.717) is 31.5 Å². The highest BCUT2D eigenvalue weighted by atomic mass is 16.3. The summed E-state index contributed by atoms with van der Waals surface area (Å²) in [6, 6.07) is 1.68. The van der Waals surface area contributed by atoms with Crippen LogP contribution in [0.15, 0.2) is 23.0 Å². The Labute approximate surface area is 144 Å². The third-order valence-electron chi connectivity index (χ3n) is 4.35. The molecule has 0 bridgehead atoms. The molecule has 0 radical (unpaired) electrons. The number of nitrogens with zero attached hydrogens (tertiary/aromatic N) is 1. The average molecular weight is 334 g/mol. The van der Waals surface area contributed by atoms with Gasteiger partial charge in [-0.3, -0.25) is 9.59 Å². The first-order chi connectivity index (χ1) is 11.1. The van der Waals surface area contributed by atoms with Crippen LogP contribution < -0.4 is 5.32 Å². The average Bonchev–Trinajstić information content (AvgIpc) is 2.97. The lowest BCUT2D eigenvalue weighted by Gasteiger charge is -2.36. The first kappa shape index (κ1) is 18.6. The number of piperidine rings is 1. The summed E-state index contributed by atoms with van der Waals surface area (Å²) in [7, 11) is 0. The van der Waals surface area contributed by atoms with Gasteiger partial charge in [-0.25, -0.2) is 0 Å². The minimum atomic E-state index is -0.223. The number of rotatable bonds is 4. The molecule has 1 aliphatic rings. The molecule has 2 rings (SSSR count). The number of carbonyl (C=O) groups excluding carboxylic acids is 2. The number of hydrogen-bond donors (Lipinski definition) is 1. The zero-order valence-corrected chi connectivity index (χ0v) is 15.5. The molecule has 0 atom stereocenters. The Hall–Kier alpha value is -1.78. The van der Waals surface area contributed by atoms with Crippen LogP contribution in [0.2, 0.25) is 0 Å². The molecule has 134 valence electrons. The van der Waals surface area contributed by atoms with Gasteiger partial charge in [0, 0.05) is 24.5 Å². The van der Waals surface area contributed by atoms with Crippen LogP contribution in [-0.2, 0) is 4.79 Å². The van der Waals surface area contributed by atoms with Gasteiger partial charge in [-0.05, 0) is 44.6 Å². The van der Waals surface area contributed by atoms with E-state index in [4.69, 9.17) is 4.42 Å². The summed E-state index contributed by atoms with van der Waals surface area (Å²) in [4.78, 5) is 26.7. The molecule has 0 spiro atoms. The van der Waals surface area contributed by atoms with E-state index >= 15 is 0 Å². The SMILES string of the molecule is CC(C)(C)CC(C)(C)NC(=O)C1CCN(C(=O)c2ccoc2)CC1. The van der Waals surface area contributed by atoms with E-state index in [1.54, 1.807) is 11.0 Å². The molecule has 0 aliphatic carbocycles. The maximum atomic E-state index is 12.6. The zero-order chi connectivity index (χ0) is 18.0. The molecule has 1 aromatic rings. The summed E-state index contributed by atoms with van der Waals surface area (Å²) < 4.78 is 4.97. The zero-order valence-electron chi connectivity index (χ0n) is 15.5. The van der Waals surface area contributed by atoms with Gasteiger partial charge < -0.3 is 14.6 Å². The summed E-state index contributed by atoms with van der Waals surface area (Å²) in [5.41, 5.74) is 0.514. The molecular formula is C19H30N2O3. The number of carbonyl (C=O) groups is 2. The fourth-order valence-corrected chi connectivity index (χ4v) is 3.72. The van der Waals surface area contributed by atoms with Gasteiger partial charge in [-0.1, -0.05) is 20.8 Å². The van der Waals surface area contributed by atoms with Gasteiger partial charge >= 0.3 is 0 Å². The van der Waals surface area contributed by atoms with Crippen LogP contribution in [0, 0.1) is 11.3 Å². The van der Waals surface area contributed by atoms with E-state index in [2.05, 4.69) is 39.9 Å². The lowest BCUT2D eigenvalue weighted by molar-refractivity contribution is -0.128. The number of nitrogens with one attached hydrogen (secondary N) is 1. The van der Waals surface area contributed by atoms with Crippen molar-refractivity contribution in [2.75, 3.05) is 13.1 Å². The highest BCUT2D eigenvalue weighted by molar-refractivity contribution is 5.94. The Kier molecular flexibility index (Phi) is 5.41. The van der Waals surface area contributed by atoms with E-state index < -0.39 is 0 Å². The molecule has 0 saturated carbocycles. The van der Waals surface area contributed by atoms with Gasteiger partial charge in [0.25, 0.3) is 5.91 Å². The van der Waals surface area contributed by atoms with Gasteiger partial charge in [0.15, 0.2) is 0 Å². The second kappa shape index (κ2) is 6.99. The van der Waals surface area contributed by atoms with Crippen LogP contribution >= 0.6 is 0 Å². The van der Waals surface area contributed by atoms with Crippen molar-refractivity contribution in [2.45, 2.75) is 59.4 Å². The molecule has 1 aliphatic heterocycles. The number of furan rings is 1. The summed E-state index contributed by atoms with van der Waals surface area (Å²) in [5.74, 6) is 0.0768. The second-order valence-electron chi connectivity index (χ2n) is 8.69. The van der Waals surface area contributed by atoms with Crippen LogP contribution in [0.3, 0.4) is 0 Å². The lowest BCUT2D eigenvalue weighted by atomic mass is 9.81. The second-order valence-corrected chi connectivity index (χ2v) is 8.69. The number of likely N-dealkylation sites (tertiary alicyclic amines) is 1. The monoisotopic (exact) mass is 334 g/mol. The van der Waals surface area contributed by atoms with Crippen LogP contribution in [0.5, 0.6) is 0 Å². The fourth-order valence-electron chi connectivity index (χ4n) is 3.72. The van der Waals surface area contributed by atoms with Crippen molar-refractivity contribution in [3.8, 4) is 0 Å². The summed E-state index contributed by atoms with van der Waals surface area (Å²) in [5, 5.41) is 3.20. The van der Waals surface area contributed by atoms with E-state index in [1.807, 2.05) is 0 Å². The molecule has 2 heterocycles. The van der Waals surface area contributed by atoms with Crippen LogP contribution in [-0.4, -0.2) is 35.3 Å². The highest BCUT2D eigenvalue weighted by Crippen LogP contribution is 2.28. The molecule has 1 saturated heterocycles. The highest BCUT2D eigenvalue weighted by Gasteiger charge is 2.32. The summed E-state index contributed by atoms with van der Waals surface area (Å²) >= 11 is 0. The Morgan fingerprint density at radius 3 is 2.33 bits per heavy atom. The van der Waals surface area contributed by atoms with Crippen molar-refractivity contribution >= 4 is 11.8 Å². The maximum Gasteiger partial charge on any atom is 0.257 e. The molecular weight excluding hydrogens is 304 g/mol. The minimum Gasteiger partial charge on any atom is -0.472 e. The molecule has 1 fully saturated rings. The van der Waals surface area contributed by atoms with Gasteiger partial charge in [0.1, 0.15) is 6.26 Å². The third-order valence-corrected chi connectivity index (χ3v) is 4.35. The lowest BCUT2D eigenvalue weighted by Crippen LogP contribution is -2.50. The van der Waals surface area contributed by atoms with Crippen molar-refractivity contribution in [1.29, 1.82) is 0 Å². The first-order valence-corrected chi connectivity index (χ1v) is 8.71. The Morgan fingerprint density at radius 2 is 1.83 bits per heavy atom. The Balaban J connectivity index is 1.85. The van der Waals surface area contributed by atoms with Crippen molar-refractivity contribution < 1.29 is 14.0 Å². The van der Waals surface area contributed by atoms with Crippen LogP contribution in [0.4, 0.5) is 0 Å². The van der Waals surface area contributed by atoms with Crippen molar-refractivity contribution in [3.05, 3.63) is 24.2 Å². The van der Waals surface area contributed by atoms with Crippen LogP contribution in [0.25, 0.3) is 0 Å². The van der Waals surface area contributed by atoms with Crippen LogP contribution in [0.1, 0.15) is 64.2 Å². The number of hydrogen-bond acceptors (Lipinski definition) is 3. The molecule has 0 unspecified atom stereocenters. The Bertz CT molecular complexity index is 562. The molecule has 2 amide bonds. The third kappa shape index (κ3) is 5.11.